The standard InChI is InChI=1S/C25H37BrO6/c1-15(2)18(13-20(26)22-14-19(16(3)4)25(28)32-22)24(27)17-8-9-21(30-6)23(12-17)31-11-7-10-29-5/h8-9,12,15-16,18-20,22H,7,10-11,13-14H2,1-6H3. The van der Waals surface area contributed by atoms with Crippen LogP contribution in [-0.4, -0.2) is 50.1 Å². The van der Waals surface area contributed by atoms with Gasteiger partial charge in [0, 0.05) is 31.6 Å². The lowest BCUT2D eigenvalue weighted by Crippen LogP contribution is -2.29. The number of benzene rings is 1. The predicted octanol–water partition coefficient (Wildman–Crippen LogP) is 5.31. The maximum Gasteiger partial charge on any atom is 0.309 e. The van der Waals surface area contributed by atoms with Crippen molar-refractivity contribution in [1.29, 1.82) is 0 Å². The van der Waals surface area contributed by atoms with Gasteiger partial charge < -0.3 is 18.9 Å². The molecule has 0 saturated carbocycles. The number of carbonyl (C=O) groups is 2. The Morgan fingerprint density at radius 2 is 1.88 bits per heavy atom. The summed E-state index contributed by atoms with van der Waals surface area (Å²) in [6.07, 6.45) is 1.82. The van der Waals surface area contributed by atoms with E-state index in [9.17, 15) is 9.59 Å². The molecule has 0 amide bonds. The van der Waals surface area contributed by atoms with E-state index in [0.29, 0.717) is 43.1 Å². The fourth-order valence-corrected chi connectivity index (χ4v) is 4.74. The van der Waals surface area contributed by atoms with E-state index in [1.165, 1.54) is 0 Å². The molecule has 1 aliphatic rings. The Bertz CT molecular complexity index is 763. The number of cyclic esters (lactones) is 1. The summed E-state index contributed by atoms with van der Waals surface area (Å²) in [4.78, 5) is 25.6. The molecule has 1 fully saturated rings. The molecule has 0 bridgehead atoms. The molecule has 4 unspecified atom stereocenters. The lowest BCUT2D eigenvalue weighted by Gasteiger charge is -2.25. The van der Waals surface area contributed by atoms with Crippen LogP contribution in [0, 0.1) is 23.7 Å². The molecule has 1 heterocycles. The highest BCUT2D eigenvalue weighted by atomic mass is 79.9. The molecule has 0 radical (unpaired) electrons. The molecule has 0 N–H and O–H groups in total. The molecule has 0 aliphatic carbocycles. The summed E-state index contributed by atoms with van der Waals surface area (Å²) in [5, 5.41) is 0. The lowest BCUT2D eigenvalue weighted by molar-refractivity contribution is -0.145. The number of esters is 1. The minimum atomic E-state index is -0.217. The van der Waals surface area contributed by atoms with Crippen molar-refractivity contribution in [3.05, 3.63) is 23.8 Å². The van der Waals surface area contributed by atoms with E-state index >= 15 is 0 Å². The molecule has 4 atom stereocenters. The molecule has 2 rings (SSSR count). The normalized spacial score (nSPS) is 20.3. The van der Waals surface area contributed by atoms with Crippen molar-refractivity contribution in [2.45, 2.75) is 57.9 Å². The molecule has 1 aromatic rings. The van der Waals surface area contributed by atoms with Crippen LogP contribution in [0.2, 0.25) is 0 Å². The van der Waals surface area contributed by atoms with Crippen LogP contribution in [0.3, 0.4) is 0 Å². The van der Waals surface area contributed by atoms with Crippen molar-refractivity contribution in [3.63, 3.8) is 0 Å². The molecular weight excluding hydrogens is 476 g/mol. The van der Waals surface area contributed by atoms with Gasteiger partial charge in [-0.25, -0.2) is 0 Å². The summed E-state index contributed by atoms with van der Waals surface area (Å²) in [5.41, 5.74) is 0.592. The summed E-state index contributed by atoms with van der Waals surface area (Å²) in [6.45, 7) is 9.25. The number of ketones is 1. The van der Waals surface area contributed by atoms with Crippen molar-refractivity contribution in [1.82, 2.24) is 0 Å². The molecule has 32 heavy (non-hydrogen) atoms. The second kappa shape index (κ2) is 12.6. The zero-order valence-electron chi connectivity index (χ0n) is 20.1. The van der Waals surface area contributed by atoms with Crippen LogP contribution < -0.4 is 9.47 Å². The number of carbonyl (C=O) groups excluding carboxylic acids is 2. The van der Waals surface area contributed by atoms with E-state index in [-0.39, 0.29) is 46.4 Å². The molecule has 1 aliphatic heterocycles. The fraction of sp³-hybridized carbons (Fsp3) is 0.680. The van der Waals surface area contributed by atoms with E-state index < -0.39 is 0 Å². The number of alkyl halides is 1. The third kappa shape index (κ3) is 6.95. The Balaban J connectivity index is 2.13. The van der Waals surface area contributed by atoms with Crippen LogP contribution in [0.5, 0.6) is 11.5 Å². The highest BCUT2D eigenvalue weighted by Crippen LogP contribution is 2.36. The second-order valence-electron chi connectivity index (χ2n) is 9.09. The summed E-state index contributed by atoms with van der Waals surface area (Å²) >= 11 is 3.72. The average molecular weight is 513 g/mol. The van der Waals surface area contributed by atoms with Crippen LogP contribution in [-0.2, 0) is 14.3 Å². The van der Waals surface area contributed by atoms with Gasteiger partial charge in [0.05, 0.1) is 24.5 Å². The molecular formula is C25H37BrO6. The van der Waals surface area contributed by atoms with Crippen LogP contribution >= 0.6 is 15.9 Å². The largest absolute Gasteiger partial charge is 0.493 e. The van der Waals surface area contributed by atoms with E-state index in [1.807, 2.05) is 27.7 Å². The number of hydrogen-bond donors (Lipinski definition) is 0. The summed E-state index contributed by atoms with van der Waals surface area (Å²) in [5.74, 6) is 1.15. The summed E-state index contributed by atoms with van der Waals surface area (Å²) < 4.78 is 21.9. The number of methoxy groups -OCH3 is 2. The Morgan fingerprint density at radius 1 is 1.16 bits per heavy atom. The van der Waals surface area contributed by atoms with Crippen molar-refractivity contribution in [2.24, 2.45) is 23.7 Å². The van der Waals surface area contributed by atoms with Gasteiger partial charge in [-0.1, -0.05) is 43.6 Å². The van der Waals surface area contributed by atoms with E-state index in [1.54, 1.807) is 32.4 Å². The molecule has 0 spiro atoms. The molecule has 7 heteroatoms. The quantitative estimate of drug-likeness (QED) is 0.154. The molecule has 1 saturated heterocycles. The third-order valence-corrected chi connectivity index (χ3v) is 7.05. The zero-order valence-corrected chi connectivity index (χ0v) is 21.6. The van der Waals surface area contributed by atoms with Gasteiger partial charge >= 0.3 is 5.97 Å². The smallest absolute Gasteiger partial charge is 0.309 e. The Kier molecular flexibility index (Phi) is 10.5. The van der Waals surface area contributed by atoms with Gasteiger partial charge in [-0.3, -0.25) is 9.59 Å². The van der Waals surface area contributed by atoms with Gasteiger partial charge in [0.1, 0.15) is 6.10 Å². The van der Waals surface area contributed by atoms with Crippen molar-refractivity contribution in [2.75, 3.05) is 27.4 Å². The first-order valence-corrected chi connectivity index (χ1v) is 12.3. The van der Waals surface area contributed by atoms with Gasteiger partial charge in [-0.15, -0.1) is 0 Å². The third-order valence-electron chi connectivity index (χ3n) is 6.08. The molecule has 0 aromatic heterocycles. The maximum absolute atomic E-state index is 13.5. The second-order valence-corrected chi connectivity index (χ2v) is 10.3. The lowest BCUT2D eigenvalue weighted by atomic mass is 9.82. The van der Waals surface area contributed by atoms with E-state index in [4.69, 9.17) is 18.9 Å². The first-order chi connectivity index (χ1) is 15.2. The van der Waals surface area contributed by atoms with Gasteiger partial charge in [-0.05, 0) is 42.9 Å². The monoisotopic (exact) mass is 512 g/mol. The minimum Gasteiger partial charge on any atom is -0.493 e. The predicted molar refractivity (Wildman–Crippen MR) is 128 cm³/mol. The number of halogens is 1. The Labute approximate surface area is 200 Å². The first kappa shape index (κ1) is 26.7. The number of hydrogen-bond acceptors (Lipinski definition) is 6. The average Bonchev–Trinajstić information content (AvgIpc) is 3.16. The topological polar surface area (TPSA) is 71.1 Å². The SMILES string of the molecule is COCCCOc1cc(C(=O)C(CC(Br)C2CC(C(C)C)C(=O)O2)C(C)C)ccc1OC. The Morgan fingerprint density at radius 3 is 2.44 bits per heavy atom. The number of ether oxygens (including phenoxy) is 4. The van der Waals surface area contributed by atoms with E-state index in [2.05, 4.69) is 15.9 Å². The van der Waals surface area contributed by atoms with Gasteiger partial charge in [0.25, 0.3) is 0 Å². The molecule has 1 aromatic carbocycles. The highest BCUT2D eigenvalue weighted by Gasteiger charge is 2.41. The fourth-order valence-electron chi connectivity index (χ4n) is 4.02. The van der Waals surface area contributed by atoms with Crippen LogP contribution in [0.15, 0.2) is 18.2 Å². The molecule has 180 valence electrons. The van der Waals surface area contributed by atoms with Crippen molar-refractivity contribution >= 4 is 27.7 Å². The van der Waals surface area contributed by atoms with Crippen LogP contribution in [0.4, 0.5) is 0 Å². The van der Waals surface area contributed by atoms with Gasteiger partial charge in [0.15, 0.2) is 17.3 Å². The highest BCUT2D eigenvalue weighted by molar-refractivity contribution is 9.09. The maximum atomic E-state index is 13.5. The first-order valence-electron chi connectivity index (χ1n) is 11.4. The summed E-state index contributed by atoms with van der Waals surface area (Å²) in [7, 11) is 3.23. The minimum absolute atomic E-state index is 0.0542. The number of rotatable bonds is 13. The van der Waals surface area contributed by atoms with Crippen molar-refractivity contribution in [3.8, 4) is 11.5 Å². The van der Waals surface area contributed by atoms with Crippen LogP contribution in [0.25, 0.3) is 0 Å². The van der Waals surface area contributed by atoms with Crippen molar-refractivity contribution < 1.29 is 28.5 Å². The zero-order chi connectivity index (χ0) is 23.8. The van der Waals surface area contributed by atoms with Gasteiger partial charge in [-0.2, -0.15) is 0 Å². The van der Waals surface area contributed by atoms with Crippen LogP contribution in [0.1, 0.15) is 57.3 Å². The Hall–Kier alpha value is -1.60. The number of Topliss-reactive ketones (excluding diaryl/α,β-unsaturated/α-hetero) is 1. The van der Waals surface area contributed by atoms with E-state index in [0.717, 1.165) is 6.42 Å². The van der Waals surface area contributed by atoms with Gasteiger partial charge in [0.2, 0.25) is 0 Å². The molecule has 6 nitrogen and oxygen atoms in total. The summed E-state index contributed by atoms with van der Waals surface area (Å²) in [6, 6.07) is 5.32.